The topological polar surface area (TPSA) is 53.5 Å². The van der Waals surface area contributed by atoms with Gasteiger partial charge in [0.25, 0.3) is 0 Å². The molecule has 0 radical (unpaired) electrons. The van der Waals surface area contributed by atoms with E-state index < -0.39 is 0 Å². The molecule has 3 aromatic rings. The second kappa shape index (κ2) is 5.18. The Kier molecular flexibility index (Phi) is 3.49. The summed E-state index contributed by atoms with van der Waals surface area (Å²) in [6.07, 6.45) is 3.88. The minimum absolute atomic E-state index is 0.154. The van der Waals surface area contributed by atoms with Crippen LogP contribution in [0.1, 0.15) is 36.3 Å². The maximum atomic E-state index is 6.32. The number of hydrogen-bond acceptors (Lipinski definition) is 3. The van der Waals surface area contributed by atoms with Crippen LogP contribution in [0.15, 0.2) is 12.4 Å². The van der Waals surface area contributed by atoms with Gasteiger partial charge in [-0.2, -0.15) is 10.2 Å². The predicted octanol–water partition coefficient (Wildman–Crippen LogP) is 2.64. The van der Waals surface area contributed by atoms with E-state index in [0.29, 0.717) is 6.54 Å². The molecule has 0 aliphatic rings. The maximum absolute atomic E-state index is 6.32. The first-order valence-corrected chi connectivity index (χ1v) is 7.50. The highest BCUT2D eigenvalue weighted by atomic mass is 35.5. The minimum atomic E-state index is -0.154. The van der Waals surface area contributed by atoms with Gasteiger partial charge in [0.15, 0.2) is 5.65 Å². The maximum Gasteiger partial charge on any atom is 0.159 e. The van der Waals surface area contributed by atoms with Crippen LogP contribution in [0.4, 0.5) is 0 Å². The molecule has 0 aromatic carbocycles. The highest BCUT2D eigenvalue weighted by Gasteiger charge is 2.21. The van der Waals surface area contributed by atoms with Crippen LogP contribution in [-0.2, 0) is 20.1 Å². The van der Waals surface area contributed by atoms with Crippen LogP contribution in [-0.4, -0.2) is 29.1 Å². The molecule has 3 heterocycles. The van der Waals surface area contributed by atoms with Crippen molar-refractivity contribution in [3.8, 4) is 0 Å². The summed E-state index contributed by atoms with van der Waals surface area (Å²) in [6, 6.07) is 0. The molecule has 6 nitrogen and oxygen atoms in total. The average molecular weight is 307 g/mol. The minimum Gasteiger partial charge on any atom is -0.307 e. The van der Waals surface area contributed by atoms with Crippen LogP contribution in [0.2, 0.25) is 0 Å². The SMILES string of the molecule is CCn1nc(C)c2nc(C(C)Cl)n(Cc3cnn(C)c3)c21. The Bertz CT molecular complexity index is 779. The van der Waals surface area contributed by atoms with Crippen LogP contribution < -0.4 is 0 Å². The van der Waals surface area contributed by atoms with Gasteiger partial charge in [0, 0.05) is 25.4 Å². The number of imidazole rings is 1. The fraction of sp³-hybridized carbons (Fsp3) is 0.500. The third-order valence-electron chi connectivity index (χ3n) is 3.58. The van der Waals surface area contributed by atoms with E-state index in [1.165, 1.54) is 0 Å². The highest BCUT2D eigenvalue weighted by Crippen LogP contribution is 2.27. The van der Waals surface area contributed by atoms with Gasteiger partial charge in [-0.3, -0.25) is 4.68 Å². The Morgan fingerprint density at radius 1 is 1.38 bits per heavy atom. The number of nitrogens with zero attached hydrogens (tertiary/aromatic N) is 6. The van der Waals surface area contributed by atoms with E-state index in [4.69, 9.17) is 16.6 Å². The standard InChI is InChI=1S/C14H19ClN6/c1-5-21-14-12(10(3)18-21)17-13(9(2)15)20(14)8-11-6-16-19(4)7-11/h6-7,9H,5,8H2,1-4H3. The van der Waals surface area contributed by atoms with E-state index in [1.54, 1.807) is 4.68 Å². The van der Waals surface area contributed by atoms with Gasteiger partial charge in [-0.25, -0.2) is 9.67 Å². The molecule has 0 spiro atoms. The molecule has 1 unspecified atom stereocenters. The molecule has 112 valence electrons. The summed E-state index contributed by atoms with van der Waals surface area (Å²) in [5.41, 5.74) is 4.02. The molecule has 0 aliphatic heterocycles. The van der Waals surface area contributed by atoms with Crippen LogP contribution in [0.25, 0.3) is 11.2 Å². The molecule has 0 aliphatic carbocycles. The van der Waals surface area contributed by atoms with Crippen LogP contribution >= 0.6 is 11.6 Å². The number of hydrogen-bond donors (Lipinski definition) is 0. The van der Waals surface area contributed by atoms with Gasteiger partial charge in [-0.05, 0) is 20.8 Å². The molecule has 3 rings (SSSR count). The molecular formula is C14H19ClN6. The Labute approximate surface area is 128 Å². The lowest BCUT2D eigenvalue weighted by Gasteiger charge is -2.10. The normalized spacial score (nSPS) is 13.2. The molecule has 0 saturated heterocycles. The quantitative estimate of drug-likeness (QED) is 0.696. The molecule has 1 atom stereocenters. The van der Waals surface area contributed by atoms with Crippen LogP contribution in [0.5, 0.6) is 0 Å². The summed E-state index contributed by atoms with van der Waals surface area (Å²) in [5, 5.41) is 8.62. The van der Waals surface area contributed by atoms with Gasteiger partial charge in [-0.1, -0.05) is 0 Å². The molecule has 7 heteroatoms. The molecule has 3 aromatic heterocycles. The summed E-state index contributed by atoms with van der Waals surface area (Å²) in [5.74, 6) is 0.873. The summed E-state index contributed by atoms with van der Waals surface area (Å²) >= 11 is 6.32. The number of fused-ring (bicyclic) bond motifs is 1. The van der Waals surface area contributed by atoms with Crippen molar-refractivity contribution in [1.29, 1.82) is 0 Å². The van der Waals surface area contributed by atoms with E-state index in [2.05, 4.69) is 21.7 Å². The summed E-state index contributed by atoms with van der Waals surface area (Å²) in [7, 11) is 1.92. The number of aryl methyl sites for hydroxylation is 3. The lowest BCUT2D eigenvalue weighted by atomic mass is 10.3. The summed E-state index contributed by atoms with van der Waals surface area (Å²) < 4.78 is 5.93. The second-order valence-electron chi connectivity index (χ2n) is 5.27. The third kappa shape index (κ3) is 2.33. The second-order valence-corrected chi connectivity index (χ2v) is 5.92. The number of rotatable bonds is 4. The van der Waals surface area contributed by atoms with E-state index >= 15 is 0 Å². The van der Waals surface area contributed by atoms with Crippen molar-refractivity contribution in [2.24, 2.45) is 7.05 Å². The highest BCUT2D eigenvalue weighted by molar-refractivity contribution is 6.20. The van der Waals surface area contributed by atoms with Crippen LogP contribution in [0, 0.1) is 6.92 Å². The zero-order chi connectivity index (χ0) is 15.1. The van der Waals surface area contributed by atoms with Gasteiger partial charge >= 0.3 is 0 Å². The average Bonchev–Trinajstić information content (AvgIpc) is 3.08. The molecular weight excluding hydrogens is 288 g/mol. The zero-order valence-electron chi connectivity index (χ0n) is 12.7. The smallest absolute Gasteiger partial charge is 0.159 e. The van der Waals surface area contributed by atoms with Crippen molar-refractivity contribution in [3.63, 3.8) is 0 Å². The van der Waals surface area contributed by atoms with Crippen molar-refractivity contribution in [2.45, 2.75) is 39.2 Å². The first-order valence-electron chi connectivity index (χ1n) is 7.06. The van der Waals surface area contributed by atoms with E-state index in [0.717, 1.165) is 34.8 Å². The van der Waals surface area contributed by atoms with Crippen molar-refractivity contribution in [1.82, 2.24) is 29.1 Å². The van der Waals surface area contributed by atoms with Crippen molar-refractivity contribution in [3.05, 3.63) is 29.5 Å². The molecule has 0 saturated carbocycles. The van der Waals surface area contributed by atoms with Gasteiger partial charge in [-0.15, -0.1) is 11.6 Å². The molecule has 21 heavy (non-hydrogen) atoms. The lowest BCUT2D eigenvalue weighted by molar-refractivity contribution is 0.633. The number of aromatic nitrogens is 6. The first-order chi connectivity index (χ1) is 10.0. The van der Waals surface area contributed by atoms with Gasteiger partial charge in [0.05, 0.1) is 23.8 Å². The van der Waals surface area contributed by atoms with E-state index in [9.17, 15) is 0 Å². The fourth-order valence-corrected chi connectivity index (χ4v) is 2.82. The Morgan fingerprint density at radius 3 is 2.71 bits per heavy atom. The number of halogens is 1. The van der Waals surface area contributed by atoms with Crippen LogP contribution in [0.3, 0.4) is 0 Å². The fourth-order valence-electron chi connectivity index (χ4n) is 2.66. The summed E-state index contributed by atoms with van der Waals surface area (Å²) in [4.78, 5) is 4.70. The van der Waals surface area contributed by atoms with Crippen molar-refractivity contribution >= 4 is 22.8 Å². The van der Waals surface area contributed by atoms with E-state index in [-0.39, 0.29) is 5.38 Å². The predicted molar refractivity (Wildman–Crippen MR) is 82.5 cm³/mol. The summed E-state index contributed by atoms with van der Waals surface area (Å²) in [6.45, 7) is 7.51. The van der Waals surface area contributed by atoms with Gasteiger partial charge < -0.3 is 4.57 Å². The number of alkyl halides is 1. The monoisotopic (exact) mass is 306 g/mol. The third-order valence-corrected chi connectivity index (χ3v) is 3.78. The molecule has 0 N–H and O–H groups in total. The van der Waals surface area contributed by atoms with Crippen molar-refractivity contribution in [2.75, 3.05) is 0 Å². The zero-order valence-corrected chi connectivity index (χ0v) is 13.5. The molecule has 0 bridgehead atoms. The molecule has 0 fully saturated rings. The molecule has 0 amide bonds. The van der Waals surface area contributed by atoms with Gasteiger partial charge in [0.1, 0.15) is 11.3 Å². The van der Waals surface area contributed by atoms with E-state index in [1.807, 2.05) is 38.0 Å². The van der Waals surface area contributed by atoms with Gasteiger partial charge in [0.2, 0.25) is 0 Å². The largest absolute Gasteiger partial charge is 0.307 e. The van der Waals surface area contributed by atoms with Crippen molar-refractivity contribution < 1.29 is 0 Å². The lowest BCUT2D eigenvalue weighted by Crippen LogP contribution is -2.10. The Balaban J connectivity index is 2.19. The Morgan fingerprint density at radius 2 is 2.14 bits per heavy atom. The Hall–Kier alpha value is -1.82. The first kappa shape index (κ1) is 14.1.